The van der Waals surface area contributed by atoms with Crippen LogP contribution in [0.15, 0.2) is 18.2 Å². The largest absolute Gasteiger partial charge is 0.493 e. The van der Waals surface area contributed by atoms with Gasteiger partial charge >= 0.3 is 0 Å². The molecule has 112 valence electrons. The standard InChI is InChI=1S/C16H25NO3/c1-16(2,3)15(18)17-10-6-7-12-8-9-13(19-4)14(11-12)20-5/h8-9,11H,6-7,10H2,1-5H3,(H,17,18). The molecule has 0 heterocycles. The molecule has 20 heavy (non-hydrogen) atoms. The van der Waals surface area contributed by atoms with Crippen LogP contribution in [0.5, 0.6) is 11.5 Å². The predicted octanol–water partition coefficient (Wildman–Crippen LogP) is 2.80. The quantitative estimate of drug-likeness (QED) is 0.815. The van der Waals surface area contributed by atoms with Gasteiger partial charge in [-0.2, -0.15) is 0 Å². The van der Waals surface area contributed by atoms with Crippen LogP contribution in [0.2, 0.25) is 0 Å². The van der Waals surface area contributed by atoms with Crippen LogP contribution in [0, 0.1) is 5.41 Å². The van der Waals surface area contributed by atoms with Gasteiger partial charge in [0.05, 0.1) is 14.2 Å². The molecule has 1 amide bonds. The van der Waals surface area contributed by atoms with Crippen molar-refractivity contribution in [1.29, 1.82) is 0 Å². The topological polar surface area (TPSA) is 47.6 Å². The lowest BCUT2D eigenvalue weighted by Crippen LogP contribution is -2.35. The third-order valence-electron chi connectivity index (χ3n) is 3.06. The van der Waals surface area contributed by atoms with Gasteiger partial charge in [-0.05, 0) is 30.5 Å². The molecule has 0 aliphatic carbocycles. The molecule has 0 aliphatic heterocycles. The SMILES string of the molecule is COc1ccc(CCCNC(=O)C(C)(C)C)cc1OC. The Morgan fingerprint density at radius 2 is 1.80 bits per heavy atom. The van der Waals surface area contributed by atoms with E-state index >= 15 is 0 Å². The van der Waals surface area contributed by atoms with E-state index < -0.39 is 0 Å². The van der Waals surface area contributed by atoms with Crippen molar-refractivity contribution in [3.05, 3.63) is 23.8 Å². The molecule has 0 aliphatic rings. The van der Waals surface area contributed by atoms with Crippen LogP contribution in [0.25, 0.3) is 0 Å². The fourth-order valence-electron chi connectivity index (χ4n) is 1.80. The summed E-state index contributed by atoms with van der Waals surface area (Å²) in [6.07, 6.45) is 1.79. The monoisotopic (exact) mass is 279 g/mol. The van der Waals surface area contributed by atoms with Crippen molar-refractivity contribution < 1.29 is 14.3 Å². The van der Waals surface area contributed by atoms with E-state index in [4.69, 9.17) is 9.47 Å². The number of rotatable bonds is 6. The number of ether oxygens (including phenoxy) is 2. The van der Waals surface area contributed by atoms with Gasteiger partial charge in [-0.25, -0.2) is 0 Å². The fraction of sp³-hybridized carbons (Fsp3) is 0.562. The van der Waals surface area contributed by atoms with Gasteiger partial charge in [0.25, 0.3) is 0 Å². The highest BCUT2D eigenvalue weighted by Crippen LogP contribution is 2.27. The molecule has 0 saturated heterocycles. The summed E-state index contributed by atoms with van der Waals surface area (Å²) in [5.74, 6) is 1.56. The number of amides is 1. The van der Waals surface area contributed by atoms with Crippen LogP contribution in [0.1, 0.15) is 32.8 Å². The molecule has 1 aromatic carbocycles. The normalized spacial score (nSPS) is 11.1. The first-order valence-corrected chi connectivity index (χ1v) is 6.87. The molecule has 4 heteroatoms. The molecule has 4 nitrogen and oxygen atoms in total. The number of methoxy groups -OCH3 is 2. The lowest BCUT2D eigenvalue weighted by molar-refractivity contribution is -0.128. The number of hydrogen-bond acceptors (Lipinski definition) is 3. The molecular weight excluding hydrogens is 254 g/mol. The Morgan fingerprint density at radius 1 is 1.15 bits per heavy atom. The molecule has 0 radical (unpaired) electrons. The average Bonchev–Trinajstić information content (AvgIpc) is 2.41. The van der Waals surface area contributed by atoms with Crippen molar-refractivity contribution in [2.75, 3.05) is 20.8 Å². The molecule has 0 unspecified atom stereocenters. The first-order chi connectivity index (χ1) is 9.38. The number of carbonyl (C=O) groups excluding carboxylic acids is 1. The van der Waals surface area contributed by atoms with Gasteiger partial charge in [0.15, 0.2) is 11.5 Å². The van der Waals surface area contributed by atoms with Crippen molar-refractivity contribution >= 4 is 5.91 Å². The molecule has 1 N–H and O–H groups in total. The summed E-state index contributed by atoms with van der Waals surface area (Å²) in [6.45, 7) is 6.43. The van der Waals surface area contributed by atoms with E-state index in [1.165, 1.54) is 5.56 Å². The van der Waals surface area contributed by atoms with Gasteiger partial charge in [-0.15, -0.1) is 0 Å². The maximum atomic E-state index is 11.7. The minimum Gasteiger partial charge on any atom is -0.493 e. The Labute approximate surface area is 121 Å². The summed E-state index contributed by atoms with van der Waals surface area (Å²) in [5.41, 5.74) is 0.844. The van der Waals surface area contributed by atoms with Crippen LogP contribution in [0.4, 0.5) is 0 Å². The minimum atomic E-state index is -0.330. The molecule has 1 aromatic rings. The van der Waals surface area contributed by atoms with Crippen molar-refractivity contribution in [3.8, 4) is 11.5 Å². The molecule has 0 spiro atoms. The van der Waals surface area contributed by atoms with Crippen LogP contribution in [-0.4, -0.2) is 26.7 Å². The zero-order valence-electron chi connectivity index (χ0n) is 13.1. The van der Waals surface area contributed by atoms with E-state index in [0.29, 0.717) is 6.54 Å². The molecule has 0 bridgehead atoms. The molecule has 1 rings (SSSR count). The third kappa shape index (κ3) is 4.76. The molecular formula is C16H25NO3. The van der Waals surface area contributed by atoms with Crippen LogP contribution in [-0.2, 0) is 11.2 Å². The van der Waals surface area contributed by atoms with Gasteiger partial charge in [0, 0.05) is 12.0 Å². The zero-order chi connectivity index (χ0) is 15.2. The van der Waals surface area contributed by atoms with Crippen LogP contribution < -0.4 is 14.8 Å². The second-order valence-corrected chi connectivity index (χ2v) is 5.80. The van der Waals surface area contributed by atoms with E-state index in [1.807, 2.05) is 39.0 Å². The Hall–Kier alpha value is -1.71. The zero-order valence-corrected chi connectivity index (χ0v) is 13.1. The summed E-state index contributed by atoms with van der Waals surface area (Å²) in [6, 6.07) is 5.90. The summed E-state index contributed by atoms with van der Waals surface area (Å²) < 4.78 is 10.5. The van der Waals surface area contributed by atoms with Gasteiger partial charge in [0.1, 0.15) is 0 Å². The van der Waals surface area contributed by atoms with Crippen molar-refractivity contribution in [2.24, 2.45) is 5.41 Å². The highest BCUT2D eigenvalue weighted by molar-refractivity contribution is 5.81. The number of nitrogens with one attached hydrogen (secondary N) is 1. The molecule has 0 fully saturated rings. The molecule has 0 aromatic heterocycles. The van der Waals surface area contributed by atoms with Gasteiger partial charge in [0.2, 0.25) is 5.91 Å². The van der Waals surface area contributed by atoms with Crippen molar-refractivity contribution in [1.82, 2.24) is 5.32 Å². The summed E-state index contributed by atoms with van der Waals surface area (Å²) in [5, 5.41) is 2.95. The van der Waals surface area contributed by atoms with E-state index in [2.05, 4.69) is 5.32 Å². The first kappa shape index (κ1) is 16.3. The molecule has 0 saturated carbocycles. The van der Waals surface area contributed by atoms with Crippen molar-refractivity contribution in [3.63, 3.8) is 0 Å². The maximum absolute atomic E-state index is 11.7. The Balaban J connectivity index is 2.45. The lowest BCUT2D eigenvalue weighted by atomic mass is 9.95. The summed E-state index contributed by atoms with van der Waals surface area (Å²) in [7, 11) is 3.25. The smallest absolute Gasteiger partial charge is 0.225 e. The minimum absolute atomic E-state index is 0.0878. The summed E-state index contributed by atoms with van der Waals surface area (Å²) in [4.78, 5) is 11.7. The first-order valence-electron chi connectivity index (χ1n) is 6.87. The summed E-state index contributed by atoms with van der Waals surface area (Å²) >= 11 is 0. The second-order valence-electron chi connectivity index (χ2n) is 5.80. The Bertz CT molecular complexity index is 450. The lowest BCUT2D eigenvalue weighted by Gasteiger charge is -2.17. The van der Waals surface area contributed by atoms with Crippen LogP contribution in [0.3, 0.4) is 0 Å². The number of hydrogen-bond donors (Lipinski definition) is 1. The fourth-order valence-corrected chi connectivity index (χ4v) is 1.80. The van der Waals surface area contributed by atoms with Gasteiger partial charge < -0.3 is 14.8 Å². The predicted molar refractivity (Wildman–Crippen MR) is 80.3 cm³/mol. The Kier molecular flexibility index (Phi) is 5.86. The van der Waals surface area contributed by atoms with Crippen molar-refractivity contribution in [2.45, 2.75) is 33.6 Å². The average molecular weight is 279 g/mol. The number of aryl methyl sites for hydroxylation is 1. The third-order valence-corrected chi connectivity index (χ3v) is 3.06. The highest BCUT2D eigenvalue weighted by Gasteiger charge is 2.20. The maximum Gasteiger partial charge on any atom is 0.225 e. The molecule has 0 atom stereocenters. The van der Waals surface area contributed by atoms with Gasteiger partial charge in [-0.3, -0.25) is 4.79 Å². The van der Waals surface area contributed by atoms with E-state index in [9.17, 15) is 4.79 Å². The van der Waals surface area contributed by atoms with E-state index in [0.717, 1.165) is 24.3 Å². The van der Waals surface area contributed by atoms with E-state index in [1.54, 1.807) is 14.2 Å². The van der Waals surface area contributed by atoms with Crippen LogP contribution >= 0.6 is 0 Å². The Morgan fingerprint density at radius 3 is 2.35 bits per heavy atom. The number of benzene rings is 1. The van der Waals surface area contributed by atoms with E-state index in [-0.39, 0.29) is 11.3 Å². The number of carbonyl (C=O) groups is 1. The van der Waals surface area contributed by atoms with Gasteiger partial charge in [-0.1, -0.05) is 26.8 Å². The highest BCUT2D eigenvalue weighted by atomic mass is 16.5. The second kappa shape index (κ2) is 7.17.